The van der Waals surface area contributed by atoms with Crippen molar-refractivity contribution in [2.75, 3.05) is 24.5 Å². The first-order valence-corrected chi connectivity index (χ1v) is 9.78. The molecule has 0 spiro atoms. The van der Waals surface area contributed by atoms with Gasteiger partial charge in [-0.25, -0.2) is 15.0 Å². The number of aromatic amines is 1. The molecule has 3 heterocycles. The molecule has 0 radical (unpaired) electrons. The molecular formula is C21H26N6O. The summed E-state index contributed by atoms with van der Waals surface area (Å²) >= 11 is 0. The van der Waals surface area contributed by atoms with Crippen LogP contribution in [-0.4, -0.2) is 50.7 Å². The van der Waals surface area contributed by atoms with E-state index in [0.29, 0.717) is 17.4 Å². The van der Waals surface area contributed by atoms with Gasteiger partial charge in [-0.05, 0) is 31.9 Å². The quantitative estimate of drug-likeness (QED) is 0.611. The largest absolute Gasteiger partial charge is 0.507 e. The number of aromatic nitrogens is 4. The number of H-pyrrole nitrogens is 1. The van der Waals surface area contributed by atoms with E-state index in [4.69, 9.17) is 4.98 Å². The van der Waals surface area contributed by atoms with E-state index in [9.17, 15) is 5.11 Å². The van der Waals surface area contributed by atoms with Crippen molar-refractivity contribution < 1.29 is 5.11 Å². The van der Waals surface area contributed by atoms with E-state index in [1.54, 1.807) is 18.5 Å². The summed E-state index contributed by atoms with van der Waals surface area (Å²) in [5.74, 6) is 1.72. The third-order valence-corrected chi connectivity index (χ3v) is 5.19. The number of para-hydroxylation sites is 1. The number of phenolic OH excluding ortho intramolecular Hbond substituents is 1. The maximum atomic E-state index is 10.1. The van der Waals surface area contributed by atoms with Crippen molar-refractivity contribution in [3.8, 4) is 17.1 Å². The zero-order valence-corrected chi connectivity index (χ0v) is 16.1. The maximum Gasteiger partial charge on any atom is 0.165 e. The van der Waals surface area contributed by atoms with Crippen molar-refractivity contribution in [2.24, 2.45) is 0 Å². The highest BCUT2D eigenvalue weighted by Gasteiger charge is 2.21. The van der Waals surface area contributed by atoms with Crippen molar-refractivity contribution in [1.29, 1.82) is 0 Å². The van der Waals surface area contributed by atoms with Crippen LogP contribution in [0.4, 0.5) is 5.82 Å². The molecule has 1 saturated heterocycles. The zero-order chi connectivity index (χ0) is 19.3. The van der Waals surface area contributed by atoms with Crippen LogP contribution in [0.3, 0.4) is 0 Å². The van der Waals surface area contributed by atoms with Crippen molar-refractivity contribution >= 4 is 5.82 Å². The Morgan fingerprint density at radius 2 is 2.04 bits per heavy atom. The fourth-order valence-corrected chi connectivity index (χ4v) is 3.64. The first-order valence-electron chi connectivity index (χ1n) is 9.78. The molecule has 4 rings (SSSR count). The SMILES string of the molecule is Cc1cc(N2CCC(NCCc3cnc[nH]3)CC2)nc(-c2ccccc2O)n1. The van der Waals surface area contributed by atoms with Crippen molar-refractivity contribution in [2.45, 2.75) is 32.2 Å². The minimum absolute atomic E-state index is 0.208. The molecule has 0 amide bonds. The van der Waals surface area contributed by atoms with E-state index < -0.39 is 0 Å². The number of nitrogens with one attached hydrogen (secondary N) is 2. The molecule has 1 aromatic carbocycles. The Hall–Kier alpha value is -2.93. The molecule has 7 nitrogen and oxygen atoms in total. The van der Waals surface area contributed by atoms with Gasteiger partial charge in [-0.15, -0.1) is 0 Å². The van der Waals surface area contributed by atoms with E-state index in [0.717, 1.165) is 56.1 Å². The first kappa shape index (κ1) is 18.4. The average molecular weight is 378 g/mol. The van der Waals surface area contributed by atoms with Gasteiger partial charge in [0, 0.05) is 55.7 Å². The summed E-state index contributed by atoms with van der Waals surface area (Å²) in [6, 6.07) is 9.76. The average Bonchev–Trinajstić information content (AvgIpc) is 3.22. The lowest BCUT2D eigenvalue weighted by atomic mass is 10.0. The normalized spacial score (nSPS) is 15.1. The molecule has 1 fully saturated rings. The Morgan fingerprint density at radius 1 is 1.21 bits per heavy atom. The van der Waals surface area contributed by atoms with Crippen LogP contribution in [0, 0.1) is 6.92 Å². The van der Waals surface area contributed by atoms with Crippen LogP contribution >= 0.6 is 0 Å². The lowest BCUT2D eigenvalue weighted by Gasteiger charge is -2.33. The second-order valence-electron chi connectivity index (χ2n) is 7.25. The molecule has 0 saturated carbocycles. The number of aryl methyl sites for hydroxylation is 1. The fourth-order valence-electron chi connectivity index (χ4n) is 3.64. The summed E-state index contributed by atoms with van der Waals surface area (Å²) in [6.07, 6.45) is 6.73. The molecule has 3 N–H and O–H groups in total. The van der Waals surface area contributed by atoms with Crippen molar-refractivity contribution in [1.82, 2.24) is 25.3 Å². The van der Waals surface area contributed by atoms with Crippen molar-refractivity contribution in [3.63, 3.8) is 0 Å². The lowest BCUT2D eigenvalue weighted by Crippen LogP contribution is -2.43. The third-order valence-electron chi connectivity index (χ3n) is 5.19. The number of aromatic hydroxyl groups is 1. The Bertz CT molecular complexity index is 903. The van der Waals surface area contributed by atoms with Crippen LogP contribution in [-0.2, 0) is 6.42 Å². The molecule has 146 valence electrons. The number of hydrogen-bond donors (Lipinski definition) is 3. The summed E-state index contributed by atoms with van der Waals surface area (Å²) in [5, 5.41) is 13.8. The molecule has 3 aromatic rings. The Balaban J connectivity index is 1.37. The van der Waals surface area contributed by atoms with E-state index in [2.05, 4.69) is 25.2 Å². The second-order valence-corrected chi connectivity index (χ2v) is 7.25. The van der Waals surface area contributed by atoms with Crippen LogP contribution in [0.1, 0.15) is 24.2 Å². The number of hydrogen-bond acceptors (Lipinski definition) is 6. The smallest absolute Gasteiger partial charge is 0.165 e. The summed E-state index contributed by atoms with van der Waals surface area (Å²) < 4.78 is 0. The molecule has 1 aliphatic heterocycles. The Morgan fingerprint density at radius 3 is 2.79 bits per heavy atom. The molecule has 1 aliphatic rings. The minimum Gasteiger partial charge on any atom is -0.507 e. The van der Waals surface area contributed by atoms with Gasteiger partial charge in [0.2, 0.25) is 0 Å². The molecule has 28 heavy (non-hydrogen) atoms. The molecule has 0 unspecified atom stereocenters. The first-order chi connectivity index (χ1) is 13.7. The summed E-state index contributed by atoms with van der Waals surface area (Å²) in [6.45, 7) is 4.84. The number of benzene rings is 1. The molecule has 7 heteroatoms. The van der Waals surface area contributed by atoms with Gasteiger partial charge in [0.15, 0.2) is 5.82 Å². The highest BCUT2D eigenvalue weighted by Crippen LogP contribution is 2.28. The molecule has 0 aliphatic carbocycles. The number of imidazole rings is 1. The summed E-state index contributed by atoms with van der Waals surface area (Å²) in [7, 11) is 0. The lowest BCUT2D eigenvalue weighted by molar-refractivity contribution is 0.415. The fraction of sp³-hybridized carbons (Fsp3) is 0.381. The number of phenols is 1. The van der Waals surface area contributed by atoms with E-state index >= 15 is 0 Å². The number of nitrogens with zero attached hydrogens (tertiary/aromatic N) is 4. The molecule has 0 atom stereocenters. The Labute approximate surface area is 164 Å². The van der Waals surface area contributed by atoms with Crippen LogP contribution in [0.25, 0.3) is 11.4 Å². The monoisotopic (exact) mass is 378 g/mol. The molecular weight excluding hydrogens is 352 g/mol. The van der Waals surface area contributed by atoms with Crippen LogP contribution in [0.15, 0.2) is 42.9 Å². The van der Waals surface area contributed by atoms with Crippen LogP contribution in [0.2, 0.25) is 0 Å². The maximum absolute atomic E-state index is 10.1. The Kier molecular flexibility index (Phi) is 5.53. The predicted octanol–water partition coefficient (Wildman–Crippen LogP) is 2.68. The molecule has 2 aromatic heterocycles. The summed E-state index contributed by atoms with van der Waals surface area (Å²) in [4.78, 5) is 18.8. The van der Waals surface area contributed by atoms with E-state index in [1.807, 2.05) is 31.3 Å². The van der Waals surface area contributed by atoms with Crippen LogP contribution in [0.5, 0.6) is 5.75 Å². The second kappa shape index (κ2) is 8.39. The van der Waals surface area contributed by atoms with Gasteiger partial charge in [-0.3, -0.25) is 0 Å². The standard InChI is InChI=1S/C21H26N6O/c1-15-12-20(26-21(25-15)18-4-2-3-5-19(18)28)27-10-7-16(8-11-27)23-9-6-17-13-22-14-24-17/h2-5,12-14,16,23,28H,6-11H2,1H3,(H,22,24). The van der Waals surface area contributed by atoms with E-state index in [-0.39, 0.29) is 5.75 Å². The minimum atomic E-state index is 0.208. The van der Waals surface area contributed by atoms with Gasteiger partial charge in [-0.1, -0.05) is 12.1 Å². The summed E-state index contributed by atoms with van der Waals surface area (Å²) in [5.41, 5.74) is 2.74. The van der Waals surface area contributed by atoms with Gasteiger partial charge in [0.1, 0.15) is 11.6 Å². The van der Waals surface area contributed by atoms with Gasteiger partial charge in [0.25, 0.3) is 0 Å². The highest BCUT2D eigenvalue weighted by molar-refractivity contribution is 5.65. The van der Waals surface area contributed by atoms with Gasteiger partial charge >= 0.3 is 0 Å². The highest BCUT2D eigenvalue weighted by atomic mass is 16.3. The third kappa shape index (κ3) is 4.31. The van der Waals surface area contributed by atoms with Gasteiger partial charge in [-0.2, -0.15) is 0 Å². The van der Waals surface area contributed by atoms with Crippen molar-refractivity contribution in [3.05, 3.63) is 54.2 Å². The zero-order valence-electron chi connectivity index (χ0n) is 16.1. The van der Waals surface area contributed by atoms with E-state index in [1.165, 1.54) is 0 Å². The van der Waals surface area contributed by atoms with Crippen LogP contribution < -0.4 is 10.2 Å². The molecule has 0 bridgehead atoms. The topological polar surface area (TPSA) is 90.0 Å². The number of piperidine rings is 1. The number of anilines is 1. The van der Waals surface area contributed by atoms with Gasteiger partial charge < -0.3 is 20.3 Å². The number of rotatable bonds is 6. The predicted molar refractivity (Wildman–Crippen MR) is 109 cm³/mol. The van der Waals surface area contributed by atoms with Gasteiger partial charge in [0.05, 0.1) is 11.9 Å².